The predicted octanol–water partition coefficient (Wildman–Crippen LogP) is 1.18. The molecule has 0 bridgehead atoms. The topological polar surface area (TPSA) is 26.7 Å². The van der Waals surface area contributed by atoms with Crippen molar-refractivity contribution in [2.24, 2.45) is 0 Å². The SMILES string of the molecule is CN1CCN(CCc2cccc(O)c2)CC1. The van der Waals surface area contributed by atoms with Gasteiger partial charge in [0.15, 0.2) is 0 Å². The van der Waals surface area contributed by atoms with Crippen LogP contribution < -0.4 is 0 Å². The lowest BCUT2D eigenvalue weighted by Crippen LogP contribution is -2.45. The zero-order valence-corrected chi connectivity index (χ0v) is 9.89. The van der Waals surface area contributed by atoms with Gasteiger partial charge in [0, 0.05) is 32.7 Å². The molecule has 1 saturated heterocycles. The zero-order chi connectivity index (χ0) is 11.4. The minimum absolute atomic E-state index is 0.371. The molecule has 0 saturated carbocycles. The van der Waals surface area contributed by atoms with E-state index in [2.05, 4.69) is 22.9 Å². The second-order valence-corrected chi connectivity index (χ2v) is 4.56. The van der Waals surface area contributed by atoms with E-state index in [1.54, 1.807) is 6.07 Å². The van der Waals surface area contributed by atoms with E-state index in [0.717, 1.165) is 26.1 Å². The molecule has 3 nitrogen and oxygen atoms in total. The summed E-state index contributed by atoms with van der Waals surface area (Å²) in [5.41, 5.74) is 1.22. The first-order valence-corrected chi connectivity index (χ1v) is 5.93. The van der Waals surface area contributed by atoms with Crippen LogP contribution in [0.25, 0.3) is 0 Å². The smallest absolute Gasteiger partial charge is 0.115 e. The van der Waals surface area contributed by atoms with Crippen molar-refractivity contribution >= 4 is 0 Å². The molecule has 88 valence electrons. The summed E-state index contributed by atoms with van der Waals surface area (Å²) >= 11 is 0. The summed E-state index contributed by atoms with van der Waals surface area (Å²) in [6.07, 6.45) is 1.03. The third-order valence-corrected chi connectivity index (χ3v) is 3.22. The molecule has 1 fully saturated rings. The van der Waals surface area contributed by atoms with Crippen LogP contribution in [-0.4, -0.2) is 54.7 Å². The molecule has 1 aliphatic heterocycles. The van der Waals surface area contributed by atoms with E-state index < -0.39 is 0 Å². The maximum atomic E-state index is 9.36. The lowest BCUT2D eigenvalue weighted by Gasteiger charge is -2.32. The Morgan fingerprint density at radius 1 is 1.19 bits per heavy atom. The van der Waals surface area contributed by atoms with Gasteiger partial charge in [-0.15, -0.1) is 0 Å². The quantitative estimate of drug-likeness (QED) is 0.828. The van der Waals surface area contributed by atoms with E-state index in [4.69, 9.17) is 0 Å². The van der Waals surface area contributed by atoms with E-state index >= 15 is 0 Å². The monoisotopic (exact) mass is 220 g/mol. The molecular weight excluding hydrogens is 200 g/mol. The van der Waals surface area contributed by atoms with Crippen LogP contribution in [0, 0.1) is 0 Å². The average Bonchev–Trinajstić information content (AvgIpc) is 2.28. The molecule has 2 rings (SSSR count). The second-order valence-electron chi connectivity index (χ2n) is 4.56. The molecule has 1 aromatic carbocycles. The maximum Gasteiger partial charge on any atom is 0.115 e. The van der Waals surface area contributed by atoms with Gasteiger partial charge >= 0.3 is 0 Å². The summed E-state index contributed by atoms with van der Waals surface area (Å²) < 4.78 is 0. The standard InChI is InChI=1S/C13H20N2O/c1-14-7-9-15(10-8-14)6-5-12-3-2-4-13(16)11-12/h2-4,11,16H,5-10H2,1H3. The number of likely N-dealkylation sites (N-methyl/N-ethyl adjacent to an activating group) is 1. The molecule has 0 aliphatic carbocycles. The Labute approximate surface area is 97.3 Å². The highest BCUT2D eigenvalue weighted by atomic mass is 16.3. The van der Waals surface area contributed by atoms with Crippen LogP contribution in [0.5, 0.6) is 5.75 Å². The maximum absolute atomic E-state index is 9.36. The third kappa shape index (κ3) is 3.22. The Morgan fingerprint density at radius 3 is 2.62 bits per heavy atom. The fourth-order valence-electron chi connectivity index (χ4n) is 2.07. The van der Waals surface area contributed by atoms with Crippen molar-refractivity contribution in [2.75, 3.05) is 39.8 Å². The number of piperazine rings is 1. The number of phenolic OH excluding ortho intramolecular Hbond substituents is 1. The van der Waals surface area contributed by atoms with E-state index in [1.807, 2.05) is 12.1 Å². The number of phenols is 1. The minimum Gasteiger partial charge on any atom is -0.508 e. The fraction of sp³-hybridized carbons (Fsp3) is 0.538. The lowest BCUT2D eigenvalue weighted by molar-refractivity contribution is 0.155. The highest BCUT2D eigenvalue weighted by Crippen LogP contribution is 2.12. The van der Waals surface area contributed by atoms with Crippen LogP contribution in [0.2, 0.25) is 0 Å². The van der Waals surface area contributed by atoms with Crippen LogP contribution >= 0.6 is 0 Å². The van der Waals surface area contributed by atoms with Crippen molar-refractivity contribution < 1.29 is 5.11 Å². The lowest BCUT2D eigenvalue weighted by atomic mass is 10.1. The van der Waals surface area contributed by atoms with E-state index in [-0.39, 0.29) is 0 Å². The fourth-order valence-corrected chi connectivity index (χ4v) is 2.07. The van der Waals surface area contributed by atoms with Crippen molar-refractivity contribution in [3.63, 3.8) is 0 Å². The van der Waals surface area contributed by atoms with E-state index in [0.29, 0.717) is 5.75 Å². The van der Waals surface area contributed by atoms with Crippen LogP contribution in [0.4, 0.5) is 0 Å². The van der Waals surface area contributed by atoms with Crippen LogP contribution in [0.3, 0.4) is 0 Å². The van der Waals surface area contributed by atoms with Crippen molar-refractivity contribution in [3.8, 4) is 5.75 Å². The van der Waals surface area contributed by atoms with Crippen molar-refractivity contribution in [1.29, 1.82) is 0 Å². The van der Waals surface area contributed by atoms with Gasteiger partial charge in [-0.2, -0.15) is 0 Å². The van der Waals surface area contributed by atoms with Crippen molar-refractivity contribution in [3.05, 3.63) is 29.8 Å². The molecule has 0 amide bonds. The second kappa shape index (κ2) is 5.32. The normalized spacial score (nSPS) is 18.8. The van der Waals surface area contributed by atoms with Crippen molar-refractivity contribution in [1.82, 2.24) is 9.80 Å². The summed E-state index contributed by atoms with van der Waals surface area (Å²) in [6, 6.07) is 7.57. The average molecular weight is 220 g/mol. The van der Waals surface area contributed by atoms with Gasteiger partial charge in [0.1, 0.15) is 5.75 Å². The van der Waals surface area contributed by atoms with Crippen LogP contribution in [-0.2, 0) is 6.42 Å². The first-order chi connectivity index (χ1) is 7.74. The summed E-state index contributed by atoms with van der Waals surface area (Å²) in [6.45, 7) is 5.75. The molecule has 1 N–H and O–H groups in total. The Bertz CT molecular complexity index is 332. The van der Waals surface area contributed by atoms with Gasteiger partial charge in [-0.25, -0.2) is 0 Å². The third-order valence-electron chi connectivity index (χ3n) is 3.22. The first-order valence-electron chi connectivity index (χ1n) is 5.93. The highest BCUT2D eigenvalue weighted by Gasteiger charge is 2.12. The molecule has 0 radical (unpaired) electrons. The predicted molar refractivity (Wildman–Crippen MR) is 65.7 cm³/mol. The Hall–Kier alpha value is -1.06. The molecule has 0 atom stereocenters. The van der Waals surface area contributed by atoms with Gasteiger partial charge in [0.2, 0.25) is 0 Å². The Morgan fingerprint density at radius 2 is 1.94 bits per heavy atom. The van der Waals surface area contributed by atoms with Gasteiger partial charge in [-0.05, 0) is 31.2 Å². The summed E-state index contributed by atoms with van der Waals surface area (Å²) in [5, 5.41) is 9.36. The number of rotatable bonds is 3. The number of hydrogen-bond donors (Lipinski definition) is 1. The molecule has 3 heteroatoms. The van der Waals surface area contributed by atoms with Gasteiger partial charge < -0.3 is 14.9 Å². The minimum atomic E-state index is 0.371. The first kappa shape index (κ1) is 11.4. The highest BCUT2D eigenvalue weighted by molar-refractivity contribution is 5.27. The number of aromatic hydroxyl groups is 1. The van der Waals surface area contributed by atoms with E-state index in [9.17, 15) is 5.11 Å². The largest absolute Gasteiger partial charge is 0.508 e. The summed E-state index contributed by atoms with van der Waals surface area (Å²) in [4.78, 5) is 4.86. The summed E-state index contributed by atoms with van der Waals surface area (Å²) in [5.74, 6) is 0.371. The Kier molecular flexibility index (Phi) is 3.80. The zero-order valence-electron chi connectivity index (χ0n) is 9.89. The van der Waals surface area contributed by atoms with Gasteiger partial charge in [-0.3, -0.25) is 0 Å². The van der Waals surface area contributed by atoms with Gasteiger partial charge in [-0.1, -0.05) is 12.1 Å². The number of benzene rings is 1. The van der Waals surface area contributed by atoms with Gasteiger partial charge in [0.25, 0.3) is 0 Å². The van der Waals surface area contributed by atoms with E-state index in [1.165, 1.54) is 18.7 Å². The molecule has 0 aromatic heterocycles. The number of nitrogens with zero attached hydrogens (tertiary/aromatic N) is 2. The van der Waals surface area contributed by atoms with Crippen LogP contribution in [0.1, 0.15) is 5.56 Å². The molecule has 1 heterocycles. The molecule has 0 spiro atoms. The molecule has 16 heavy (non-hydrogen) atoms. The van der Waals surface area contributed by atoms with Gasteiger partial charge in [0.05, 0.1) is 0 Å². The molecule has 1 aromatic rings. The molecular formula is C13H20N2O. The Balaban J connectivity index is 1.79. The molecule has 0 unspecified atom stereocenters. The molecule has 1 aliphatic rings. The number of hydrogen-bond acceptors (Lipinski definition) is 3. The van der Waals surface area contributed by atoms with Crippen LogP contribution in [0.15, 0.2) is 24.3 Å². The summed E-state index contributed by atoms with van der Waals surface area (Å²) in [7, 11) is 2.17. The van der Waals surface area contributed by atoms with Crippen molar-refractivity contribution in [2.45, 2.75) is 6.42 Å².